The van der Waals surface area contributed by atoms with Gasteiger partial charge in [0.15, 0.2) is 11.6 Å². The van der Waals surface area contributed by atoms with Crippen LogP contribution in [-0.2, 0) is 12.8 Å². The monoisotopic (exact) mass is 355 g/mol. The minimum Gasteiger partial charge on any atom is -0.496 e. The van der Waals surface area contributed by atoms with Crippen LogP contribution in [0.2, 0.25) is 0 Å². The number of halogens is 3. The van der Waals surface area contributed by atoms with Gasteiger partial charge in [-0.25, -0.2) is 8.78 Å². The van der Waals surface area contributed by atoms with E-state index in [1.165, 1.54) is 6.07 Å². The molecule has 0 radical (unpaired) electrons. The van der Waals surface area contributed by atoms with Gasteiger partial charge >= 0.3 is 0 Å². The molecule has 1 atom stereocenters. The number of rotatable bonds is 5. The summed E-state index contributed by atoms with van der Waals surface area (Å²) in [5, 5.41) is 0. The highest BCUT2D eigenvalue weighted by Gasteiger charge is 2.10. The van der Waals surface area contributed by atoms with Crippen LogP contribution in [0.5, 0.6) is 5.75 Å². The SMILES string of the molecule is COc1ccc(CC(N)Cc2ccc(F)c(F)c2)cc1Br. The highest BCUT2D eigenvalue weighted by molar-refractivity contribution is 9.10. The number of hydrogen-bond donors (Lipinski definition) is 1. The van der Waals surface area contributed by atoms with Crippen molar-refractivity contribution in [2.45, 2.75) is 18.9 Å². The fraction of sp³-hybridized carbons (Fsp3) is 0.250. The molecule has 5 heteroatoms. The average Bonchev–Trinajstić information content (AvgIpc) is 2.43. The molecule has 0 saturated heterocycles. The maximum absolute atomic E-state index is 13.2. The zero-order valence-electron chi connectivity index (χ0n) is 11.6. The fourth-order valence-electron chi connectivity index (χ4n) is 2.18. The van der Waals surface area contributed by atoms with Crippen molar-refractivity contribution in [1.82, 2.24) is 0 Å². The number of nitrogens with two attached hydrogens (primary N) is 1. The molecule has 0 aliphatic rings. The van der Waals surface area contributed by atoms with Crippen LogP contribution < -0.4 is 10.5 Å². The van der Waals surface area contributed by atoms with E-state index in [2.05, 4.69) is 15.9 Å². The van der Waals surface area contributed by atoms with E-state index in [0.717, 1.165) is 21.9 Å². The summed E-state index contributed by atoms with van der Waals surface area (Å²) < 4.78 is 32.1. The number of methoxy groups -OCH3 is 1. The van der Waals surface area contributed by atoms with Crippen molar-refractivity contribution in [3.05, 3.63) is 63.6 Å². The van der Waals surface area contributed by atoms with Gasteiger partial charge in [0.05, 0.1) is 11.6 Å². The van der Waals surface area contributed by atoms with Crippen molar-refractivity contribution in [1.29, 1.82) is 0 Å². The van der Waals surface area contributed by atoms with E-state index in [9.17, 15) is 8.78 Å². The van der Waals surface area contributed by atoms with E-state index in [1.54, 1.807) is 13.2 Å². The van der Waals surface area contributed by atoms with Crippen molar-refractivity contribution >= 4 is 15.9 Å². The van der Waals surface area contributed by atoms with E-state index in [1.807, 2.05) is 18.2 Å². The molecule has 2 aromatic carbocycles. The summed E-state index contributed by atoms with van der Waals surface area (Å²) in [4.78, 5) is 0. The first-order chi connectivity index (χ1) is 9.99. The number of ether oxygens (including phenoxy) is 1. The van der Waals surface area contributed by atoms with Gasteiger partial charge in [-0.05, 0) is 64.2 Å². The van der Waals surface area contributed by atoms with Crippen LogP contribution in [-0.4, -0.2) is 13.2 Å². The van der Waals surface area contributed by atoms with Crippen molar-refractivity contribution < 1.29 is 13.5 Å². The van der Waals surface area contributed by atoms with Crippen molar-refractivity contribution in [2.24, 2.45) is 5.73 Å². The second-order valence-electron chi connectivity index (χ2n) is 4.89. The van der Waals surface area contributed by atoms with E-state index < -0.39 is 11.6 Å². The van der Waals surface area contributed by atoms with Crippen LogP contribution in [0.1, 0.15) is 11.1 Å². The maximum Gasteiger partial charge on any atom is 0.159 e. The van der Waals surface area contributed by atoms with Crippen molar-refractivity contribution in [3.8, 4) is 5.75 Å². The van der Waals surface area contributed by atoms with Gasteiger partial charge in [-0.1, -0.05) is 12.1 Å². The molecule has 2 rings (SSSR count). The first kappa shape index (κ1) is 15.9. The van der Waals surface area contributed by atoms with Crippen LogP contribution in [0.25, 0.3) is 0 Å². The molecule has 0 aliphatic carbocycles. The Balaban J connectivity index is 2.02. The van der Waals surface area contributed by atoms with E-state index in [0.29, 0.717) is 18.4 Å². The third kappa shape index (κ3) is 4.25. The van der Waals surface area contributed by atoms with Gasteiger partial charge < -0.3 is 10.5 Å². The summed E-state index contributed by atoms with van der Waals surface area (Å²) in [5.74, 6) is -0.925. The third-order valence-electron chi connectivity index (χ3n) is 3.20. The van der Waals surface area contributed by atoms with Crippen LogP contribution in [0.3, 0.4) is 0 Å². The Kier molecular flexibility index (Phi) is 5.31. The van der Waals surface area contributed by atoms with Gasteiger partial charge in [-0.3, -0.25) is 0 Å². The van der Waals surface area contributed by atoms with Gasteiger partial charge in [0.1, 0.15) is 5.75 Å². The third-order valence-corrected chi connectivity index (χ3v) is 3.82. The van der Waals surface area contributed by atoms with Crippen LogP contribution in [0, 0.1) is 11.6 Å². The maximum atomic E-state index is 13.2. The molecule has 2 nitrogen and oxygen atoms in total. The van der Waals surface area contributed by atoms with Crippen LogP contribution in [0.4, 0.5) is 8.78 Å². The summed E-state index contributed by atoms with van der Waals surface area (Å²) in [6.07, 6.45) is 1.13. The normalized spacial score (nSPS) is 12.2. The Hall–Kier alpha value is -1.46. The topological polar surface area (TPSA) is 35.2 Å². The molecule has 21 heavy (non-hydrogen) atoms. The molecule has 0 heterocycles. The van der Waals surface area contributed by atoms with Gasteiger partial charge in [-0.15, -0.1) is 0 Å². The highest BCUT2D eigenvalue weighted by atomic mass is 79.9. The molecule has 0 bridgehead atoms. The van der Waals surface area contributed by atoms with Crippen LogP contribution >= 0.6 is 15.9 Å². The molecule has 0 spiro atoms. The van der Waals surface area contributed by atoms with Crippen molar-refractivity contribution in [3.63, 3.8) is 0 Å². The second kappa shape index (κ2) is 7.00. The van der Waals surface area contributed by atoms with E-state index in [-0.39, 0.29) is 6.04 Å². The lowest BCUT2D eigenvalue weighted by molar-refractivity contribution is 0.412. The predicted molar refractivity (Wildman–Crippen MR) is 82.4 cm³/mol. The second-order valence-corrected chi connectivity index (χ2v) is 5.74. The summed E-state index contributed by atoms with van der Waals surface area (Å²) in [5.41, 5.74) is 7.83. The fourth-order valence-corrected chi connectivity index (χ4v) is 2.77. The Labute approximate surface area is 131 Å². The Morgan fingerprint density at radius 3 is 2.24 bits per heavy atom. The summed E-state index contributed by atoms with van der Waals surface area (Å²) in [7, 11) is 1.61. The molecule has 2 N–H and O–H groups in total. The molecular formula is C16H16BrF2NO. The molecule has 0 fully saturated rings. The predicted octanol–water partition coefficient (Wildman–Crippen LogP) is 3.85. The lowest BCUT2D eigenvalue weighted by Gasteiger charge is -2.13. The lowest BCUT2D eigenvalue weighted by atomic mass is 9.99. The van der Waals surface area contributed by atoms with Crippen LogP contribution in [0.15, 0.2) is 40.9 Å². The summed E-state index contributed by atoms with van der Waals surface area (Å²) in [6, 6.07) is 9.46. The standard InChI is InChI=1S/C16H16BrF2NO/c1-21-16-5-3-10(8-13(16)17)6-12(20)7-11-2-4-14(18)15(19)9-11/h2-5,8-9,12H,6-7,20H2,1H3. The zero-order valence-corrected chi connectivity index (χ0v) is 13.2. The molecule has 0 saturated carbocycles. The quantitative estimate of drug-likeness (QED) is 0.883. The number of hydrogen-bond acceptors (Lipinski definition) is 2. The molecule has 1 unspecified atom stereocenters. The first-order valence-electron chi connectivity index (χ1n) is 6.51. The molecule has 112 valence electrons. The average molecular weight is 356 g/mol. The van der Waals surface area contributed by atoms with E-state index >= 15 is 0 Å². The molecular weight excluding hydrogens is 340 g/mol. The lowest BCUT2D eigenvalue weighted by Crippen LogP contribution is -2.25. The van der Waals surface area contributed by atoms with Gasteiger partial charge in [0, 0.05) is 6.04 Å². The van der Waals surface area contributed by atoms with Gasteiger partial charge in [0.25, 0.3) is 0 Å². The zero-order chi connectivity index (χ0) is 15.4. The Morgan fingerprint density at radius 2 is 1.67 bits per heavy atom. The van der Waals surface area contributed by atoms with E-state index in [4.69, 9.17) is 10.5 Å². The number of benzene rings is 2. The molecule has 0 aliphatic heterocycles. The Morgan fingerprint density at radius 1 is 1.05 bits per heavy atom. The summed E-state index contributed by atoms with van der Waals surface area (Å²) >= 11 is 3.42. The van der Waals surface area contributed by atoms with Crippen molar-refractivity contribution in [2.75, 3.05) is 7.11 Å². The minimum atomic E-state index is -0.841. The van der Waals surface area contributed by atoms with Gasteiger partial charge in [-0.2, -0.15) is 0 Å². The Bertz CT molecular complexity index is 634. The molecule has 0 aromatic heterocycles. The smallest absolute Gasteiger partial charge is 0.159 e. The minimum absolute atomic E-state index is 0.171. The van der Waals surface area contributed by atoms with Gasteiger partial charge in [0.2, 0.25) is 0 Å². The summed E-state index contributed by atoms with van der Waals surface area (Å²) in [6.45, 7) is 0. The molecule has 2 aromatic rings. The molecule has 0 amide bonds. The first-order valence-corrected chi connectivity index (χ1v) is 7.31. The largest absolute Gasteiger partial charge is 0.496 e. The highest BCUT2D eigenvalue weighted by Crippen LogP contribution is 2.26.